The Morgan fingerprint density at radius 3 is 2.38 bits per heavy atom. The molecule has 0 bridgehead atoms. The quantitative estimate of drug-likeness (QED) is 0.600. The number of nitro benzene ring substituents is 1. The van der Waals surface area contributed by atoms with Crippen LogP contribution in [0.2, 0.25) is 0 Å². The van der Waals surface area contributed by atoms with E-state index in [1.54, 1.807) is 0 Å². The molecule has 1 atom stereocenters. The molecule has 0 saturated heterocycles. The van der Waals surface area contributed by atoms with Gasteiger partial charge < -0.3 is 0 Å². The van der Waals surface area contributed by atoms with E-state index in [9.17, 15) is 19.3 Å². The van der Waals surface area contributed by atoms with Gasteiger partial charge in [0.1, 0.15) is 0 Å². The van der Waals surface area contributed by atoms with Crippen molar-refractivity contribution in [3.05, 3.63) is 39.9 Å². The summed E-state index contributed by atoms with van der Waals surface area (Å²) in [5.74, 6) is -0.150. The van der Waals surface area contributed by atoms with E-state index < -0.39 is 16.4 Å². The van der Waals surface area contributed by atoms with E-state index in [-0.39, 0.29) is 23.6 Å². The minimum absolute atomic E-state index is 0.103. The van der Waals surface area contributed by atoms with Crippen LogP contribution >= 0.6 is 0 Å². The fourth-order valence-corrected chi connectivity index (χ4v) is 2.90. The van der Waals surface area contributed by atoms with Crippen LogP contribution in [0.4, 0.5) is 10.1 Å². The highest BCUT2D eigenvalue weighted by atomic mass is 19.1. The van der Waals surface area contributed by atoms with Gasteiger partial charge in [0.25, 0.3) is 5.69 Å². The Hall–Kier alpha value is -1.78. The van der Waals surface area contributed by atoms with Crippen molar-refractivity contribution in [2.75, 3.05) is 0 Å². The van der Waals surface area contributed by atoms with Gasteiger partial charge in [-0.15, -0.1) is 0 Å². The fourth-order valence-electron chi connectivity index (χ4n) is 2.90. The van der Waals surface area contributed by atoms with Gasteiger partial charge in [-0.25, -0.2) is 4.39 Å². The summed E-state index contributed by atoms with van der Waals surface area (Å²) in [5, 5.41) is 10.6. The van der Waals surface area contributed by atoms with E-state index >= 15 is 0 Å². The average molecular weight is 293 g/mol. The monoisotopic (exact) mass is 293 g/mol. The third-order valence-electron chi connectivity index (χ3n) is 4.34. The van der Waals surface area contributed by atoms with Crippen molar-refractivity contribution in [2.24, 2.45) is 5.92 Å². The summed E-state index contributed by atoms with van der Waals surface area (Å²) in [6, 6.07) is 5.13. The van der Waals surface area contributed by atoms with E-state index in [1.807, 2.05) is 0 Å². The number of non-ortho nitro benzene ring substituents is 1. The highest BCUT2D eigenvalue weighted by Gasteiger charge is 2.36. The lowest BCUT2D eigenvalue weighted by Gasteiger charge is -2.25. The van der Waals surface area contributed by atoms with Crippen molar-refractivity contribution in [3.8, 4) is 0 Å². The largest absolute Gasteiger partial charge is 0.296 e. The van der Waals surface area contributed by atoms with Gasteiger partial charge in [-0.2, -0.15) is 0 Å². The molecule has 5 heteroatoms. The number of nitrogens with zero attached hydrogens (tertiary/aromatic N) is 1. The third kappa shape index (κ3) is 3.65. The zero-order valence-electron chi connectivity index (χ0n) is 12.2. The summed E-state index contributed by atoms with van der Waals surface area (Å²) < 4.78 is 14.8. The van der Waals surface area contributed by atoms with E-state index in [4.69, 9.17) is 0 Å². The SMILES string of the molecule is CC(F)(C(=O)CC1CCCCC1)c1ccc([N+](=O)[O-])cc1. The van der Waals surface area contributed by atoms with E-state index in [0.29, 0.717) is 0 Å². The van der Waals surface area contributed by atoms with Crippen molar-refractivity contribution < 1.29 is 14.1 Å². The predicted octanol–water partition coefficient (Wildman–Crippen LogP) is 4.32. The van der Waals surface area contributed by atoms with Crippen LogP contribution < -0.4 is 0 Å². The second kappa shape index (κ2) is 6.33. The number of nitro groups is 1. The molecule has 0 aromatic heterocycles. The number of hydrogen-bond donors (Lipinski definition) is 0. The summed E-state index contributed by atoms with van der Waals surface area (Å²) in [5.41, 5.74) is -1.99. The number of hydrogen-bond acceptors (Lipinski definition) is 3. The third-order valence-corrected chi connectivity index (χ3v) is 4.34. The number of Topliss-reactive ketones (excluding diaryl/α,β-unsaturated/α-hetero) is 1. The lowest BCUT2D eigenvalue weighted by molar-refractivity contribution is -0.384. The van der Waals surface area contributed by atoms with Crippen LogP contribution in [0, 0.1) is 16.0 Å². The van der Waals surface area contributed by atoms with Crippen LogP contribution in [0.5, 0.6) is 0 Å². The van der Waals surface area contributed by atoms with Crippen molar-refractivity contribution >= 4 is 11.5 Å². The molecule has 0 N–H and O–H groups in total. The highest BCUT2D eigenvalue weighted by molar-refractivity contribution is 5.88. The first-order chi connectivity index (χ1) is 9.91. The minimum Gasteiger partial charge on any atom is -0.296 e. The molecule has 2 rings (SSSR count). The molecule has 1 saturated carbocycles. The summed E-state index contributed by atoms with van der Waals surface area (Å²) in [6.07, 6.45) is 5.64. The van der Waals surface area contributed by atoms with Gasteiger partial charge in [0, 0.05) is 18.6 Å². The maximum atomic E-state index is 14.8. The number of carbonyl (C=O) groups is 1. The number of alkyl halides is 1. The molecule has 1 aromatic carbocycles. The molecule has 0 amide bonds. The molecule has 1 unspecified atom stereocenters. The molecule has 0 radical (unpaired) electrons. The fraction of sp³-hybridized carbons (Fsp3) is 0.562. The standard InChI is InChI=1S/C16H20FNO3/c1-16(17,13-7-9-14(10-8-13)18(20)21)15(19)11-12-5-3-2-4-6-12/h7-10,12H,2-6,11H2,1H3. The number of ketones is 1. The van der Waals surface area contributed by atoms with Crippen molar-refractivity contribution in [1.82, 2.24) is 0 Å². The van der Waals surface area contributed by atoms with Crippen molar-refractivity contribution in [2.45, 2.75) is 51.1 Å². The Labute approximate surface area is 123 Å². The maximum Gasteiger partial charge on any atom is 0.269 e. The van der Waals surface area contributed by atoms with E-state index in [0.717, 1.165) is 25.7 Å². The Morgan fingerprint density at radius 1 is 1.29 bits per heavy atom. The topological polar surface area (TPSA) is 60.2 Å². The Balaban J connectivity index is 2.08. The zero-order valence-corrected chi connectivity index (χ0v) is 12.2. The van der Waals surface area contributed by atoms with Gasteiger partial charge >= 0.3 is 0 Å². The van der Waals surface area contributed by atoms with Gasteiger partial charge in [0.2, 0.25) is 0 Å². The second-order valence-electron chi connectivity index (χ2n) is 5.94. The molecule has 21 heavy (non-hydrogen) atoms. The van der Waals surface area contributed by atoms with Gasteiger partial charge in [0.15, 0.2) is 11.5 Å². The average Bonchev–Trinajstić information content (AvgIpc) is 2.48. The number of halogens is 1. The highest BCUT2D eigenvalue weighted by Crippen LogP contribution is 2.34. The molecule has 4 nitrogen and oxygen atoms in total. The molecule has 1 fully saturated rings. The molecule has 1 aliphatic rings. The minimum atomic E-state index is -2.08. The first kappa shape index (κ1) is 15.6. The summed E-state index contributed by atoms with van der Waals surface area (Å²) >= 11 is 0. The van der Waals surface area contributed by atoms with E-state index in [2.05, 4.69) is 0 Å². The molecule has 0 heterocycles. The first-order valence-corrected chi connectivity index (χ1v) is 7.38. The molecular weight excluding hydrogens is 273 g/mol. The van der Waals surface area contributed by atoms with Crippen LogP contribution in [-0.4, -0.2) is 10.7 Å². The Kier molecular flexibility index (Phi) is 4.70. The van der Waals surface area contributed by atoms with Crippen molar-refractivity contribution in [3.63, 3.8) is 0 Å². The normalized spacial score (nSPS) is 19.0. The van der Waals surface area contributed by atoms with Gasteiger partial charge in [-0.3, -0.25) is 14.9 Å². The second-order valence-corrected chi connectivity index (χ2v) is 5.94. The molecule has 1 aromatic rings. The van der Waals surface area contributed by atoms with Gasteiger partial charge in [-0.05, 0) is 30.5 Å². The molecule has 0 aliphatic heterocycles. The lowest BCUT2D eigenvalue weighted by Crippen LogP contribution is -2.29. The summed E-state index contributed by atoms with van der Waals surface area (Å²) in [7, 11) is 0. The molecular formula is C16H20FNO3. The van der Waals surface area contributed by atoms with Crippen LogP contribution in [0.25, 0.3) is 0 Å². The summed E-state index contributed by atoms with van der Waals surface area (Å²) in [4.78, 5) is 22.3. The predicted molar refractivity (Wildman–Crippen MR) is 77.8 cm³/mol. The number of benzene rings is 1. The lowest BCUT2D eigenvalue weighted by atomic mass is 9.81. The zero-order chi connectivity index (χ0) is 15.5. The molecule has 114 valence electrons. The summed E-state index contributed by atoms with van der Waals surface area (Å²) in [6.45, 7) is 1.25. The van der Waals surface area contributed by atoms with Crippen LogP contribution in [0.1, 0.15) is 51.0 Å². The van der Waals surface area contributed by atoms with E-state index in [1.165, 1.54) is 37.6 Å². The molecule has 1 aliphatic carbocycles. The van der Waals surface area contributed by atoms with Crippen LogP contribution in [0.3, 0.4) is 0 Å². The first-order valence-electron chi connectivity index (χ1n) is 7.38. The Morgan fingerprint density at radius 2 is 1.86 bits per heavy atom. The molecule has 0 spiro atoms. The van der Waals surface area contributed by atoms with Crippen LogP contribution in [0.15, 0.2) is 24.3 Å². The van der Waals surface area contributed by atoms with Crippen molar-refractivity contribution in [1.29, 1.82) is 0 Å². The van der Waals surface area contributed by atoms with Gasteiger partial charge in [0.05, 0.1) is 4.92 Å². The maximum absolute atomic E-state index is 14.8. The Bertz CT molecular complexity index is 519. The number of carbonyl (C=O) groups excluding carboxylic acids is 1. The van der Waals surface area contributed by atoms with Crippen LogP contribution in [-0.2, 0) is 10.5 Å². The number of rotatable bonds is 5. The van der Waals surface area contributed by atoms with Gasteiger partial charge in [-0.1, -0.05) is 32.1 Å². The smallest absolute Gasteiger partial charge is 0.269 e.